The Morgan fingerprint density at radius 1 is 1.30 bits per heavy atom. The Hall–Kier alpha value is -3.03. The van der Waals surface area contributed by atoms with E-state index in [2.05, 4.69) is 15.0 Å². The van der Waals surface area contributed by atoms with Crippen LogP contribution in [-0.2, 0) is 0 Å². The highest BCUT2D eigenvalue weighted by Crippen LogP contribution is 2.20. The van der Waals surface area contributed by atoms with E-state index in [9.17, 15) is 14.0 Å². The van der Waals surface area contributed by atoms with Gasteiger partial charge < -0.3 is 10.7 Å². The maximum absolute atomic E-state index is 14.1. The molecule has 0 unspecified atom stereocenters. The third-order valence-corrected chi connectivity index (χ3v) is 3.40. The van der Waals surface area contributed by atoms with E-state index in [0.29, 0.717) is 5.82 Å². The van der Waals surface area contributed by atoms with Gasteiger partial charge in [0.25, 0.3) is 5.91 Å². The SMILES string of the molecule is CC(C)c1nc(C(N)=O)c2[nH]c(=O)n(-c3ccccc3F)c2n1. The number of nitrogens with one attached hydrogen (secondary N) is 1. The highest BCUT2D eigenvalue weighted by atomic mass is 19.1. The van der Waals surface area contributed by atoms with Gasteiger partial charge in [0.05, 0.1) is 5.69 Å². The van der Waals surface area contributed by atoms with Gasteiger partial charge in [-0.2, -0.15) is 0 Å². The molecule has 0 aliphatic carbocycles. The van der Waals surface area contributed by atoms with Crippen molar-refractivity contribution in [2.24, 2.45) is 5.73 Å². The van der Waals surface area contributed by atoms with Crippen LogP contribution in [0.4, 0.5) is 4.39 Å². The van der Waals surface area contributed by atoms with Gasteiger partial charge >= 0.3 is 5.69 Å². The van der Waals surface area contributed by atoms with E-state index in [1.165, 1.54) is 18.2 Å². The van der Waals surface area contributed by atoms with Crippen LogP contribution in [0.25, 0.3) is 16.9 Å². The minimum atomic E-state index is -0.791. The van der Waals surface area contributed by atoms with Crippen molar-refractivity contribution in [2.75, 3.05) is 0 Å². The number of para-hydroxylation sites is 1. The van der Waals surface area contributed by atoms with Gasteiger partial charge in [-0.3, -0.25) is 4.79 Å². The second-order valence-electron chi connectivity index (χ2n) is 5.36. The summed E-state index contributed by atoms with van der Waals surface area (Å²) < 4.78 is 15.1. The molecule has 1 aromatic carbocycles. The number of carbonyl (C=O) groups is 1. The Kier molecular flexibility index (Phi) is 3.44. The topological polar surface area (TPSA) is 107 Å². The zero-order valence-electron chi connectivity index (χ0n) is 12.5. The molecule has 23 heavy (non-hydrogen) atoms. The number of nitrogens with zero attached hydrogens (tertiary/aromatic N) is 3. The number of halogens is 1. The lowest BCUT2D eigenvalue weighted by Gasteiger charge is -2.08. The molecule has 0 radical (unpaired) electrons. The van der Waals surface area contributed by atoms with Crippen molar-refractivity contribution in [1.29, 1.82) is 0 Å². The molecule has 0 bridgehead atoms. The molecule has 0 aliphatic rings. The number of imidazole rings is 1. The third kappa shape index (κ3) is 2.37. The van der Waals surface area contributed by atoms with Crippen molar-refractivity contribution in [3.8, 4) is 5.69 Å². The lowest BCUT2D eigenvalue weighted by molar-refractivity contribution is 0.0996. The van der Waals surface area contributed by atoms with Gasteiger partial charge in [0.2, 0.25) is 0 Å². The number of hydrogen-bond donors (Lipinski definition) is 2. The Bertz CT molecular complexity index is 974. The van der Waals surface area contributed by atoms with Crippen LogP contribution in [-0.4, -0.2) is 25.4 Å². The van der Waals surface area contributed by atoms with Crippen LogP contribution in [0.15, 0.2) is 29.1 Å². The Morgan fingerprint density at radius 3 is 2.61 bits per heavy atom. The average molecular weight is 315 g/mol. The largest absolute Gasteiger partial charge is 0.364 e. The lowest BCUT2D eigenvalue weighted by atomic mass is 10.2. The number of aromatic nitrogens is 4. The Balaban J connectivity index is 2.45. The van der Waals surface area contributed by atoms with Crippen LogP contribution >= 0.6 is 0 Å². The second-order valence-corrected chi connectivity index (χ2v) is 5.36. The van der Waals surface area contributed by atoms with Gasteiger partial charge in [-0.15, -0.1) is 0 Å². The zero-order valence-corrected chi connectivity index (χ0v) is 12.5. The van der Waals surface area contributed by atoms with Gasteiger partial charge in [0.15, 0.2) is 11.3 Å². The minimum Gasteiger partial charge on any atom is -0.364 e. The van der Waals surface area contributed by atoms with E-state index in [1.807, 2.05) is 13.8 Å². The van der Waals surface area contributed by atoms with Crippen LogP contribution in [0.2, 0.25) is 0 Å². The van der Waals surface area contributed by atoms with Crippen molar-refractivity contribution in [3.05, 3.63) is 52.1 Å². The molecular weight excluding hydrogens is 301 g/mol. The summed E-state index contributed by atoms with van der Waals surface area (Å²) >= 11 is 0. The molecule has 7 nitrogen and oxygen atoms in total. The molecule has 1 amide bonds. The monoisotopic (exact) mass is 315 g/mol. The summed E-state index contributed by atoms with van der Waals surface area (Å²) in [5, 5.41) is 0. The van der Waals surface area contributed by atoms with E-state index in [0.717, 1.165) is 4.57 Å². The molecule has 0 atom stereocenters. The van der Waals surface area contributed by atoms with Crippen LogP contribution < -0.4 is 11.4 Å². The van der Waals surface area contributed by atoms with Crippen molar-refractivity contribution < 1.29 is 9.18 Å². The number of fused-ring (bicyclic) bond motifs is 1. The van der Waals surface area contributed by atoms with Gasteiger partial charge in [-0.1, -0.05) is 26.0 Å². The molecule has 0 aliphatic heterocycles. The Labute approximate surface area is 130 Å². The summed E-state index contributed by atoms with van der Waals surface area (Å²) in [4.78, 5) is 34.8. The molecule has 2 heterocycles. The first-order valence-corrected chi connectivity index (χ1v) is 6.97. The van der Waals surface area contributed by atoms with E-state index in [-0.39, 0.29) is 28.5 Å². The molecule has 8 heteroatoms. The number of benzene rings is 1. The molecule has 3 rings (SSSR count). The van der Waals surface area contributed by atoms with Gasteiger partial charge in [0, 0.05) is 5.92 Å². The molecule has 118 valence electrons. The van der Waals surface area contributed by atoms with Crippen molar-refractivity contribution in [2.45, 2.75) is 19.8 Å². The number of H-pyrrole nitrogens is 1. The number of carbonyl (C=O) groups excluding carboxylic acids is 1. The predicted molar refractivity (Wildman–Crippen MR) is 82.1 cm³/mol. The lowest BCUT2D eigenvalue weighted by Crippen LogP contribution is -2.17. The highest BCUT2D eigenvalue weighted by molar-refractivity contribution is 6.01. The van der Waals surface area contributed by atoms with E-state index in [4.69, 9.17) is 5.73 Å². The second kappa shape index (κ2) is 5.31. The molecule has 2 aromatic heterocycles. The van der Waals surface area contributed by atoms with Crippen molar-refractivity contribution in [3.63, 3.8) is 0 Å². The summed E-state index contributed by atoms with van der Waals surface area (Å²) in [6.07, 6.45) is 0. The predicted octanol–water partition coefficient (Wildman–Crippen LogP) is 1.47. The quantitative estimate of drug-likeness (QED) is 0.763. The van der Waals surface area contributed by atoms with Crippen LogP contribution in [0.1, 0.15) is 36.1 Å². The molecule has 0 saturated carbocycles. The average Bonchev–Trinajstić information content (AvgIpc) is 2.82. The van der Waals surface area contributed by atoms with Crippen molar-refractivity contribution >= 4 is 17.1 Å². The van der Waals surface area contributed by atoms with E-state index in [1.54, 1.807) is 6.07 Å². The van der Waals surface area contributed by atoms with Crippen LogP contribution in [0, 0.1) is 5.82 Å². The summed E-state index contributed by atoms with van der Waals surface area (Å²) in [7, 11) is 0. The first-order chi connectivity index (χ1) is 10.9. The third-order valence-electron chi connectivity index (χ3n) is 3.40. The van der Waals surface area contributed by atoms with Crippen LogP contribution in [0.5, 0.6) is 0 Å². The summed E-state index contributed by atoms with van der Waals surface area (Å²) in [5.41, 5.74) is 4.87. The molecule has 0 saturated heterocycles. The summed E-state index contributed by atoms with van der Waals surface area (Å²) in [5.74, 6) is -1.13. The summed E-state index contributed by atoms with van der Waals surface area (Å²) in [6.45, 7) is 3.67. The fraction of sp³-hybridized carbons (Fsp3) is 0.200. The fourth-order valence-corrected chi connectivity index (χ4v) is 2.29. The van der Waals surface area contributed by atoms with E-state index < -0.39 is 17.4 Å². The van der Waals surface area contributed by atoms with Crippen molar-refractivity contribution in [1.82, 2.24) is 19.5 Å². The standard InChI is InChI=1S/C15H14FN5O2/c1-7(2)13-18-10(12(17)22)11-14(20-13)21(15(23)19-11)9-6-4-3-5-8(9)16/h3-7H,1-2H3,(H2,17,22)(H,19,23). The molecular formula is C15H14FN5O2. The molecule has 3 N–H and O–H groups in total. The van der Waals surface area contributed by atoms with Gasteiger partial charge in [-0.05, 0) is 12.1 Å². The number of rotatable bonds is 3. The number of hydrogen-bond acceptors (Lipinski definition) is 4. The normalized spacial score (nSPS) is 11.3. The maximum Gasteiger partial charge on any atom is 0.332 e. The Morgan fingerprint density at radius 2 is 2.00 bits per heavy atom. The summed E-state index contributed by atoms with van der Waals surface area (Å²) in [6, 6.07) is 5.80. The van der Waals surface area contributed by atoms with Gasteiger partial charge in [-0.25, -0.2) is 23.7 Å². The maximum atomic E-state index is 14.1. The van der Waals surface area contributed by atoms with Crippen LogP contribution in [0.3, 0.4) is 0 Å². The zero-order chi connectivity index (χ0) is 16.7. The molecule has 0 fully saturated rings. The number of primary amides is 1. The van der Waals surface area contributed by atoms with E-state index >= 15 is 0 Å². The first-order valence-electron chi connectivity index (χ1n) is 6.97. The number of aromatic amines is 1. The molecule has 3 aromatic rings. The highest BCUT2D eigenvalue weighted by Gasteiger charge is 2.21. The molecule has 0 spiro atoms. The minimum absolute atomic E-state index is 0.0348. The number of nitrogens with two attached hydrogens (primary N) is 1. The fourth-order valence-electron chi connectivity index (χ4n) is 2.29. The number of amides is 1. The first kappa shape index (κ1) is 14.9. The van der Waals surface area contributed by atoms with Gasteiger partial charge in [0.1, 0.15) is 17.2 Å². The smallest absolute Gasteiger partial charge is 0.332 e.